The first-order valence-corrected chi connectivity index (χ1v) is 16.7. The van der Waals surface area contributed by atoms with Crippen LogP contribution in [0.15, 0.2) is 146 Å². The predicted molar refractivity (Wildman–Crippen MR) is 203 cm³/mol. The van der Waals surface area contributed by atoms with Crippen molar-refractivity contribution in [2.45, 2.75) is 13.8 Å². The topological polar surface area (TPSA) is 51.4 Å². The maximum absolute atomic E-state index is 5.52. The Morgan fingerprint density at radius 2 is 1.29 bits per heavy atom. The molecule has 0 atom stereocenters. The molecule has 4 heterocycles. The van der Waals surface area contributed by atoms with Crippen LogP contribution in [0.4, 0.5) is 0 Å². The van der Waals surface area contributed by atoms with Gasteiger partial charge in [0.2, 0.25) is 0 Å². The summed E-state index contributed by atoms with van der Waals surface area (Å²) in [5.74, 6) is 1.81. The predicted octanol–water partition coefficient (Wildman–Crippen LogP) is 11.1. The zero-order chi connectivity index (χ0) is 32.6. The number of nitrogens with one attached hydrogen (secondary N) is 1. The van der Waals surface area contributed by atoms with Crippen molar-refractivity contribution >= 4 is 54.6 Å². The number of H-pyrrole nitrogens is 1. The van der Waals surface area contributed by atoms with E-state index in [1.165, 1.54) is 32.7 Å². The largest absolute Gasteiger partial charge is 0.354 e. The number of hydrogen-bond donors (Lipinski definition) is 1. The van der Waals surface area contributed by atoms with Gasteiger partial charge in [-0.05, 0) is 85.1 Å². The molecule has 5 heteroatoms. The standard InChI is InChI=1S/C44H31N5/c1-27-10-7-11-30(24-27)48-38-17-9-13-31(43(38)47-44(48)36-15-8-14-35-32-12-3-4-16-37(32)46-42(35)36)29-20-22-34-33-21-19-28(2)25-39(33)49(40(34)26-29)41-18-5-6-23-45-41/h3-26,46H,1-2H3. The van der Waals surface area contributed by atoms with E-state index in [4.69, 9.17) is 9.97 Å². The van der Waals surface area contributed by atoms with E-state index in [1.807, 2.05) is 18.3 Å². The minimum atomic E-state index is 0.904. The number of aromatic nitrogens is 5. The second-order valence-electron chi connectivity index (χ2n) is 13.0. The molecule has 6 aromatic carbocycles. The lowest BCUT2D eigenvalue weighted by Gasteiger charge is -2.11. The number of imidazole rings is 1. The van der Waals surface area contributed by atoms with Gasteiger partial charge in [0.1, 0.15) is 11.6 Å². The van der Waals surface area contributed by atoms with Crippen molar-refractivity contribution in [3.05, 3.63) is 157 Å². The summed E-state index contributed by atoms with van der Waals surface area (Å²) in [6.07, 6.45) is 1.86. The van der Waals surface area contributed by atoms with Crippen molar-refractivity contribution in [1.82, 2.24) is 24.1 Å². The lowest BCUT2D eigenvalue weighted by molar-refractivity contribution is 1.08. The second kappa shape index (κ2) is 10.5. The van der Waals surface area contributed by atoms with Crippen LogP contribution in [0.2, 0.25) is 0 Å². The molecule has 0 fully saturated rings. The molecule has 49 heavy (non-hydrogen) atoms. The molecule has 232 valence electrons. The maximum Gasteiger partial charge on any atom is 0.147 e. The number of aromatic amines is 1. The van der Waals surface area contributed by atoms with E-state index in [-0.39, 0.29) is 0 Å². The Bertz CT molecular complexity index is 2900. The molecule has 10 rings (SSSR count). The average Bonchev–Trinajstić information content (AvgIpc) is 3.81. The molecule has 0 spiro atoms. The van der Waals surface area contributed by atoms with Crippen molar-refractivity contribution in [3.63, 3.8) is 0 Å². The van der Waals surface area contributed by atoms with Gasteiger partial charge in [0.15, 0.2) is 0 Å². The zero-order valence-corrected chi connectivity index (χ0v) is 27.1. The summed E-state index contributed by atoms with van der Waals surface area (Å²) in [7, 11) is 0. The third-order valence-electron chi connectivity index (χ3n) is 9.84. The average molecular weight is 630 g/mol. The zero-order valence-electron chi connectivity index (χ0n) is 27.1. The van der Waals surface area contributed by atoms with Gasteiger partial charge in [-0.25, -0.2) is 9.97 Å². The molecule has 0 aliphatic heterocycles. The number of aryl methyl sites for hydroxylation is 2. The molecule has 1 N–H and O–H groups in total. The molecule has 0 saturated heterocycles. The van der Waals surface area contributed by atoms with Crippen molar-refractivity contribution in [2.75, 3.05) is 0 Å². The Kier molecular flexibility index (Phi) is 5.94. The van der Waals surface area contributed by atoms with Crippen molar-refractivity contribution in [1.29, 1.82) is 0 Å². The molecule has 4 aromatic heterocycles. The highest BCUT2D eigenvalue weighted by Crippen LogP contribution is 2.40. The van der Waals surface area contributed by atoms with Crippen LogP contribution in [0.5, 0.6) is 0 Å². The van der Waals surface area contributed by atoms with Gasteiger partial charge in [0, 0.05) is 50.1 Å². The van der Waals surface area contributed by atoms with Gasteiger partial charge in [0.05, 0.1) is 27.6 Å². The quantitative estimate of drug-likeness (QED) is 0.211. The smallest absolute Gasteiger partial charge is 0.147 e. The number of fused-ring (bicyclic) bond motifs is 7. The highest BCUT2D eigenvalue weighted by atomic mass is 15.1. The maximum atomic E-state index is 5.52. The van der Waals surface area contributed by atoms with Crippen LogP contribution in [0, 0.1) is 13.8 Å². The molecule has 0 radical (unpaired) electrons. The Labute approximate surface area is 282 Å². The van der Waals surface area contributed by atoms with E-state index in [9.17, 15) is 0 Å². The summed E-state index contributed by atoms with van der Waals surface area (Å²) in [6, 6.07) is 49.8. The number of para-hydroxylation sites is 3. The number of benzene rings is 6. The van der Waals surface area contributed by atoms with E-state index in [0.29, 0.717) is 0 Å². The minimum Gasteiger partial charge on any atom is -0.354 e. The monoisotopic (exact) mass is 629 g/mol. The summed E-state index contributed by atoms with van der Waals surface area (Å²) >= 11 is 0. The lowest BCUT2D eigenvalue weighted by Crippen LogP contribution is -1.98. The molecule has 5 nitrogen and oxygen atoms in total. The van der Waals surface area contributed by atoms with Crippen molar-refractivity contribution in [3.8, 4) is 34.0 Å². The normalized spacial score (nSPS) is 11.9. The number of hydrogen-bond acceptors (Lipinski definition) is 2. The number of nitrogens with zero attached hydrogens (tertiary/aromatic N) is 4. The van der Waals surface area contributed by atoms with Gasteiger partial charge >= 0.3 is 0 Å². The van der Waals surface area contributed by atoms with Gasteiger partial charge < -0.3 is 4.98 Å². The van der Waals surface area contributed by atoms with Gasteiger partial charge in [-0.15, -0.1) is 0 Å². The van der Waals surface area contributed by atoms with Gasteiger partial charge in [0.25, 0.3) is 0 Å². The Hall–Kier alpha value is -6.46. The molecule has 0 bridgehead atoms. The van der Waals surface area contributed by atoms with Crippen LogP contribution in [0.3, 0.4) is 0 Å². The van der Waals surface area contributed by atoms with Gasteiger partial charge in [-0.3, -0.25) is 9.13 Å². The Morgan fingerprint density at radius 1 is 0.531 bits per heavy atom. The molecule has 0 aliphatic carbocycles. The number of pyridine rings is 1. The van der Waals surface area contributed by atoms with Gasteiger partial charge in [-0.1, -0.05) is 84.9 Å². The van der Waals surface area contributed by atoms with Gasteiger partial charge in [-0.2, -0.15) is 0 Å². The molecule has 10 aromatic rings. The third kappa shape index (κ3) is 4.19. The second-order valence-corrected chi connectivity index (χ2v) is 13.0. The first kappa shape index (κ1) is 27.6. The third-order valence-corrected chi connectivity index (χ3v) is 9.84. The van der Waals surface area contributed by atoms with Crippen LogP contribution < -0.4 is 0 Å². The van der Waals surface area contributed by atoms with Crippen LogP contribution in [0.25, 0.3) is 88.7 Å². The summed E-state index contributed by atoms with van der Waals surface area (Å²) in [4.78, 5) is 14.0. The summed E-state index contributed by atoms with van der Waals surface area (Å²) in [5.41, 5.74) is 13.3. The van der Waals surface area contributed by atoms with Crippen LogP contribution >= 0.6 is 0 Å². The summed E-state index contributed by atoms with van der Waals surface area (Å²) in [6.45, 7) is 4.29. The van der Waals surface area contributed by atoms with Crippen LogP contribution in [-0.2, 0) is 0 Å². The van der Waals surface area contributed by atoms with E-state index in [1.54, 1.807) is 0 Å². The van der Waals surface area contributed by atoms with Crippen LogP contribution in [0.1, 0.15) is 11.1 Å². The van der Waals surface area contributed by atoms with Crippen molar-refractivity contribution < 1.29 is 0 Å². The van der Waals surface area contributed by atoms with E-state index < -0.39 is 0 Å². The lowest BCUT2D eigenvalue weighted by atomic mass is 10.0. The Morgan fingerprint density at radius 3 is 2.16 bits per heavy atom. The molecular formula is C44H31N5. The first-order chi connectivity index (χ1) is 24.1. The first-order valence-electron chi connectivity index (χ1n) is 16.7. The highest BCUT2D eigenvalue weighted by Gasteiger charge is 2.21. The fourth-order valence-electron chi connectivity index (χ4n) is 7.63. The van der Waals surface area contributed by atoms with E-state index in [2.05, 4.69) is 155 Å². The molecule has 0 unspecified atom stereocenters. The van der Waals surface area contributed by atoms with E-state index >= 15 is 0 Å². The molecule has 0 amide bonds. The van der Waals surface area contributed by atoms with E-state index in [0.717, 1.165) is 67.1 Å². The van der Waals surface area contributed by atoms with Crippen LogP contribution in [-0.4, -0.2) is 24.1 Å². The summed E-state index contributed by atoms with van der Waals surface area (Å²) in [5, 5.41) is 4.82. The fourth-order valence-corrected chi connectivity index (χ4v) is 7.63. The summed E-state index contributed by atoms with van der Waals surface area (Å²) < 4.78 is 4.60. The Balaban J connectivity index is 1.27. The van der Waals surface area contributed by atoms with Crippen molar-refractivity contribution in [2.24, 2.45) is 0 Å². The minimum absolute atomic E-state index is 0.904. The SMILES string of the molecule is Cc1cccc(-n2c(-c3cccc4c3[nH]c3ccccc34)nc3c(-c4ccc5c6ccc(C)cc6n(-c6ccccn6)c5c4)cccc32)c1. The molecule has 0 aliphatic rings. The number of rotatable bonds is 4. The molecular weight excluding hydrogens is 599 g/mol. The molecule has 0 saturated carbocycles. The fraction of sp³-hybridized carbons (Fsp3) is 0.0455. The highest BCUT2D eigenvalue weighted by molar-refractivity contribution is 6.13.